The molecule has 1 fully saturated rings. The number of para-hydroxylation sites is 1. The van der Waals surface area contributed by atoms with Crippen LogP contribution < -0.4 is 15.1 Å². The normalized spacial score (nSPS) is 15.9. The summed E-state index contributed by atoms with van der Waals surface area (Å²) in [4.78, 5) is 29.0. The average Bonchev–Trinajstić information content (AvgIpc) is 3.15. The van der Waals surface area contributed by atoms with E-state index in [0.717, 1.165) is 25.1 Å². The Bertz CT molecular complexity index is 944. The Morgan fingerprint density at radius 1 is 1.11 bits per heavy atom. The lowest BCUT2D eigenvalue weighted by Gasteiger charge is -2.30. The molecule has 0 saturated carbocycles. The van der Waals surface area contributed by atoms with E-state index < -0.39 is 11.8 Å². The molecule has 1 aliphatic heterocycles. The fourth-order valence-electron chi connectivity index (χ4n) is 3.17. The van der Waals surface area contributed by atoms with Crippen LogP contribution in [0.15, 0.2) is 46.4 Å². The SMILES string of the molecule is CCc1ccccc1N1C(=O)/C(=C/c2ccc(N(CC)CC)o2)C(=O)NC1=S. The lowest BCUT2D eigenvalue weighted by atomic mass is 10.1. The number of amides is 2. The summed E-state index contributed by atoms with van der Waals surface area (Å²) < 4.78 is 5.81. The van der Waals surface area contributed by atoms with Crippen LogP contribution in [0.2, 0.25) is 0 Å². The van der Waals surface area contributed by atoms with Gasteiger partial charge in [0.15, 0.2) is 11.0 Å². The highest BCUT2D eigenvalue weighted by atomic mass is 32.1. The molecule has 1 N–H and O–H groups in total. The van der Waals surface area contributed by atoms with Gasteiger partial charge in [-0.25, -0.2) is 0 Å². The number of carbonyl (C=O) groups is 2. The molecule has 6 nitrogen and oxygen atoms in total. The van der Waals surface area contributed by atoms with Crippen molar-refractivity contribution in [2.45, 2.75) is 27.2 Å². The second-order valence-electron chi connectivity index (χ2n) is 6.29. The van der Waals surface area contributed by atoms with Crippen LogP contribution in [0.4, 0.5) is 11.6 Å². The maximum absolute atomic E-state index is 13.1. The average molecular weight is 398 g/mol. The van der Waals surface area contributed by atoms with Crippen LogP contribution in [0.5, 0.6) is 0 Å². The molecule has 2 aromatic rings. The van der Waals surface area contributed by atoms with Gasteiger partial charge >= 0.3 is 0 Å². The third-order valence-electron chi connectivity index (χ3n) is 4.69. The van der Waals surface area contributed by atoms with Crippen LogP contribution in [-0.4, -0.2) is 30.0 Å². The number of anilines is 2. The van der Waals surface area contributed by atoms with E-state index in [2.05, 4.69) is 5.32 Å². The summed E-state index contributed by atoms with van der Waals surface area (Å²) >= 11 is 5.27. The second kappa shape index (κ2) is 8.39. The van der Waals surface area contributed by atoms with E-state index >= 15 is 0 Å². The Hall–Kier alpha value is -2.93. The van der Waals surface area contributed by atoms with Crippen LogP contribution in [0.3, 0.4) is 0 Å². The van der Waals surface area contributed by atoms with Gasteiger partial charge in [-0.2, -0.15) is 0 Å². The van der Waals surface area contributed by atoms with Crippen LogP contribution in [0, 0.1) is 0 Å². The first kappa shape index (κ1) is 19.8. The third-order valence-corrected chi connectivity index (χ3v) is 4.97. The zero-order valence-electron chi connectivity index (χ0n) is 16.2. The lowest BCUT2D eigenvalue weighted by Crippen LogP contribution is -2.54. The van der Waals surface area contributed by atoms with E-state index in [1.54, 1.807) is 6.07 Å². The first-order valence-electron chi connectivity index (χ1n) is 9.34. The maximum Gasteiger partial charge on any atom is 0.270 e. The summed E-state index contributed by atoms with van der Waals surface area (Å²) in [6, 6.07) is 11.1. The Labute approximate surface area is 169 Å². The molecule has 146 valence electrons. The smallest absolute Gasteiger partial charge is 0.270 e. The van der Waals surface area contributed by atoms with Gasteiger partial charge in [-0.15, -0.1) is 0 Å². The zero-order chi connectivity index (χ0) is 20.3. The van der Waals surface area contributed by atoms with Gasteiger partial charge in [-0.3, -0.25) is 19.8 Å². The van der Waals surface area contributed by atoms with Crippen LogP contribution in [-0.2, 0) is 16.0 Å². The van der Waals surface area contributed by atoms with Crippen molar-refractivity contribution in [3.8, 4) is 0 Å². The van der Waals surface area contributed by atoms with Gasteiger partial charge in [0.05, 0.1) is 5.69 Å². The Kier molecular flexibility index (Phi) is 5.94. The molecule has 7 heteroatoms. The summed E-state index contributed by atoms with van der Waals surface area (Å²) in [6.07, 6.45) is 2.20. The topological polar surface area (TPSA) is 65.8 Å². The Morgan fingerprint density at radius 2 is 1.82 bits per heavy atom. The quantitative estimate of drug-likeness (QED) is 0.459. The first-order valence-corrected chi connectivity index (χ1v) is 9.75. The molecule has 0 unspecified atom stereocenters. The predicted molar refractivity (Wildman–Crippen MR) is 114 cm³/mol. The van der Waals surface area contributed by atoms with E-state index in [9.17, 15) is 9.59 Å². The van der Waals surface area contributed by atoms with Gasteiger partial charge in [0, 0.05) is 19.2 Å². The van der Waals surface area contributed by atoms with E-state index in [0.29, 0.717) is 17.3 Å². The first-order chi connectivity index (χ1) is 13.5. The van der Waals surface area contributed by atoms with Crippen molar-refractivity contribution >= 4 is 46.8 Å². The molecule has 1 aromatic carbocycles. The van der Waals surface area contributed by atoms with Gasteiger partial charge in [-0.05, 0) is 56.3 Å². The molecule has 0 spiro atoms. The molecule has 1 aliphatic rings. The molecule has 1 aromatic heterocycles. The van der Waals surface area contributed by atoms with Crippen molar-refractivity contribution in [2.75, 3.05) is 22.9 Å². The molecule has 28 heavy (non-hydrogen) atoms. The maximum atomic E-state index is 13.1. The predicted octanol–water partition coefficient (Wildman–Crippen LogP) is 3.52. The molecule has 0 atom stereocenters. The summed E-state index contributed by atoms with van der Waals surface area (Å²) in [5.74, 6) is 0.151. The lowest BCUT2D eigenvalue weighted by molar-refractivity contribution is -0.122. The van der Waals surface area contributed by atoms with Crippen molar-refractivity contribution in [1.29, 1.82) is 0 Å². The van der Waals surface area contributed by atoms with Crippen molar-refractivity contribution in [3.63, 3.8) is 0 Å². The van der Waals surface area contributed by atoms with Gasteiger partial charge < -0.3 is 9.32 Å². The summed E-state index contributed by atoms with van der Waals surface area (Å²) in [5.41, 5.74) is 1.63. The Balaban J connectivity index is 1.97. The molecule has 0 radical (unpaired) electrons. The fraction of sp³-hybridized carbons (Fsp3) is 0.286. The number of aryl methyl sites for hydroxylation is 1. The minimum atomic E-state index is -0.527. The highest BCUT2D eigenvalue weighted by Crippen LogP contribution is 2.27. The Morgan fingerprint density at radius 3 is 2.50 bits per heavy atom. The third kappa shape index (κ3) is 3.71. The summed E-state index contributed by atoms with van der Waals surface area (Å²) in [5, 5.41) is 2.69. The summed E-state index contributed by atoms with van der Waals surface area (Å²) in [6.45, 7) is 7.67. The molecular formula is C21H23N3O3S. The van der Waals surface area contributed by atoms with E-state index in [1.165, 1.54) is 11.0 Å². The number of nitrogens with zero attached hydrogens (tertiary/aromatic N) is 2. The van der Waals surface area contributed by atoms with Gasteiger partial charge in [-0.1, -0.05) is 25.1 Å². The van der Waals surface area contributed by atoms with Crippen molar-refractivity contribution in [2.24, 2.45) is 0 Å². The molecular weight excluding hydrogens is 374 g/mol. The standard InChI is InChI=1S/C21H23N3O3S/c1-4-14-9-7-8-10-17(14)24-20(26)16(19(25)22-21(24)28)13-15-11-12-18(27-15)23(5-2)6-3/h7-13H,4-6H2,1-3H3,(H,22,25,28)/b16-13+. The zero-order valence-corrected chi connectivity index (χ0v) is 17.0. The number of nitrogens with one attached hydrogen (secondary N) is 1. The van der Waals surface area contributed by atoms with Crippen LogP contribution in [0.1, 0.15) is 32.1 Å². The molecule has 3 rings (SSSR count). The number of hydrogen-bond donors (Lipinski definition) is 1. The largest absolute Gasteiger partial charge is 0.441 e. The van der Waals surface area contributed by atoms with Gasteiger partial charge in [0.25, 0.3) is 11.8 Å². The number of carbonyl (C=O) groups excluding carboxylic acids is 2. The van der Waals surface area contributed by atoms with Crippen molar-refractivity contribution < 1.29 is 14.0 Å². The van der Waals surface area contributed by atoms with Gasteiger partial charge in [0.1, 0.15) is 11.3 Å². The van der Waals surface area contributed by atoms with Crippen molar-refractivity contribution in [1.82, 2.24) is 5.32 Å². The van der Waals surface area contributed by atoms with Crippen LogP contribution in [0.25, 0.3) is 6.08 Å². The molecule has 0 aliphatic carbocycles. The molecule has 2 heterocycles. The van der Waals surface area contributed by atoms with Crippen LogP contribution >= 0.6 is 12.2 Å². The second-order valence-corrected chi connectivity index (χ2v) is 6.68. The van der Waals surface area contributed by atoms with Gasteiger partial charge in [0.2, 0.25) is 0 Å². The summed E-state index contributed by atoms with van der Waals surface area (Å²) in [7, 11) is 0. The van der Waals surface area contributed by atoms with E-state index in [1.807, 2.05) is 56.0 Å². The molecule has 1 saturated heterocycles. The number of hydrogen-bond acceptors (Lipinski definition) is 5. The number of thiocarbonyl (C=S) groups is 1. The number of rotatable bonds is 6. The highest BCUT2D eigenvalue weighted by molar-refractivity contribution is 7.80. The highest BCUT2D eigenvalue weighted by Gasteiger charge is 2.35. The van der Waals surface area contributed by atoms with E-state index in [4.69, 9.17) is 16.6 Å². The number of benzene rings is 1. The number of furan rings is 1. The monoisotopic (exact) mass is 397 g/mol. The minimum Gasteiger partial charge on any atom is -0.441 e. The van der Waals surface area contributed by atoms with Crippen molar-refractivity contribution in [3.05, 3.63) is 53.3 Å². The molecule has 0 bridgehead atoms. The fourth-order valence-corrected chi connectivity index (χ4v) is 3.45. The van der Waals surface area contributed by atoms with E-state index in [-0.39, 0.29) is 10.7 Å². The molecule has 2 amide bonds. The minimum absolute atomic E-state index is 0.0139.